The molecule has 0 spiro atoms. The van der Waals surface area contributed by atoms with Crippen LogP contribution >= 0.6 is 15.9 Å². The number of amidine groups is 1. The molecule has 0 bridgehead atoms. The Balaban J connectivity index is 2.72. The van der Waals surface area contributed by atoms with Crippen LogP contribution in [0.1, 0.15) is 6.42 Å². The van der Waals surface area contributed by atoms with Gasteiger partial charge in [-0.1, -0.05) is 15.9 Å². The Kier molecular flexibility index (Phi) is 5.40. The van der Waals surface area contributed by atoms with Gasteiger partial charge in [0.25, 0.3) is 0 Å². The Morgan fingerprint density at radius 1 is 1.29 bits per heavy atom. The van der Waals surface area contributed by atoms with Crippen LogP contribution in [0.2, 0.25) is 0 Å². The molecule has 0 aliphatic rings. The Morgan fingerprint density at radius 2 is 1.88 bits per heavy atom. The number of nitrogens with zero attached hydrogens (tertiary/aromatic N) is 3. The van der Waals surface area contributed by atoms with Gasteiger partial charge in [-0.25, -0.2) is 5.84 Å². The van der Waals surface area contributed by atoms with Crippen molar-refractivity contribution in [1.82, 2.24) is 4.90 Å². The number of nitrogens with two attached hydrogens (primary N) is 2. The van der Waals surface area contributed by atoms with E-state index in [1.807, 2.05) is 38.4 Å². The number of hydrazone groups is 1. The van der Waals surface area contributed by atoms with Crippen molar-refractivity contribution < 1.29 is 0 Å². The van der Waals surface area contributed by atoms with E-state index in [0.717, 1.165) is 16.7 Å². The normalized spacial score (nSPS) is 11.9. The lowest BCUT2D eigenvalue weighted by Crippen LogP contribution is -2.39. The fourth-order valence-electron chi connectivity index (χ4n) is 1.32. The molecule has 0 heterocycles. The van der Waals surface area contributed by atoms with Crippen LogP contribution < -0.4 is 16.7 Å². The first kappa shape index (κ1) is 14.0. The maximum absolute atomic E-state index is 5.97. The van der Waals surface area contributed by atoms with Crippen LogP contribution in [-0.4, -0.2) is 31.4 Å². The zero-order chi connectivity index (χ0) is 12.8. The van der Waals surface area contributed by atoms with E-state index < -0.39 is 0 Å². The van der Waals surface area contributed by atoms with Crippen LogP contribution in [0, 0.1) is 0 Å². The van der Waals surface area contributed by atoms with Crippen LogP contribution in [0.4, 0.5) is 5.69 Å². The van der Waals surface area contributed by atoms with Crippen LogP contribution in [0.5, 0.6) is 0 Å². The zero-order valence-corrected chi connectivity index (χ0v) is 11.7. The third-order valence-corrected chi connectivity index (χ3v) is 2.84. The van der Waals surface area contributed by atoms with Gasteiger partial charge in [0.05, 0.1) is 5.69 Å². The Labute approximate surface area is 110 Å². The summed E-state index contributed by atoms with van der Waals surface area (Å²) in [6.45, 7) is 0.847. The summed E-state index contributed by atoms with van der Waals surface area (Å²) in [5.41, 5.74) is 0.858. The maximum Gasteiger partial charge on any atom is 0.144 e. The van der Waals surface area contributed by atoms with Gasteiger partial charge >= 0.3 is 0 Å². The van der Waals surface area contributed by atoms with Gasteiger partial charge < -0.3 is 10.7 Å². The SMILES string of the molecule is CN(C)CC/C(=N/N)N(N)c1ccc(Br)cc1. The molecule has 1 aromatic carbocycles. The number of hydrazine groups is 1. The summed E-state index contributed by atoms with van der Waals surface area (Å²) in [5.74, 6) is 12.0. The second kappa shape index (κ2) is 6.58. The summed E-state index contributed by atoms with van der Waals surface area (Å²) in [4.78, 5) is 2.06. The number of halogens is 1. The summed E-state index contributed by atoms with van der Waals surface area (Å²) in [7, 11) is 3.99. The van der Waals surface area contributed by atoms with Gasteiger partial charge in [-0.2, -0.15) is 5.10 Å². The number of hydrogen-bond acceptors (Lipinski definition) is 4. The van der Waals surface area contributed by atoms with Crippen molar-refractivity contribution in [2.75, 3.05) is 25.6 Å². The summed E-state index contributed by atoms with van der Waals surface area (Å²) >= 11 is 3.38. The molecule has 0 aliphatic heterocycles. The average Bonchev–Trinajstić information content (AvgIpc) is 2.30. The molecule has 0 unspecified atom stereocenters. The highest BCUT2D eigenvalue weighted by molar-refractivity contribution is 9.10. The van der Waals surface area contributed by atoms with E-state index in [-0.39, 0.29) is 0 Å². The summed E-state index contributed by atoms with van der Waals surface area (Å²) < 4.78 is 1.01. The Hall–Kier alpha value is -1.11. The molecule has 1 aromatic rings. The van der Waals surface area contributed by atoms with Gasteiger partial charge in [-0.05, 0) is 38.4 Å². The molecule has 0 saturated carbocycles. The summed E-state index contributed by atoms with van der Waals surface area (Å²) in [5, 5.41) is 5.25. The first-order chi connectivity index (χ1) is 8.04. The largest absolute Gasteiger partial charge is 0.322 e. The third kappa shape index (κ3) is 4.33. The van der Waals surface area contributed by atoms with Gasteiger partial charge in [0.1, 0.15) is 5.84 Å². The predicted molar refractivity (Wildman–Crippen MR) is 75.6 cm³/mol. The molecular weight excluding hydrogens is 282 g/mol. The van der Waals surface area contributed by atoms with E-state index >= 15 is 0 Å². The molecule has 0 radical (unpaired) electrons. The fourth-order valence-corrected chi connectivity index (χ4v) is 1.59. The quantitative estimate of drug-likeness (QED) is 0.381. The van der Waals surface area contributed by atoms with Crippen LogP contribution in [0.25, 0.3) is 0 Å². The first-order valence-corrected chi connectivity index (χ1v) is 6.05. The molecule has 94 valence electrons. The van der Waals surface area contributed by atoms with Crippen molar-refractivity contribution in [2.24, 2.45) is 16.8 Å². The highest BCUT2D eigenvalue weighted by atomic mass is 79.9. The van der Waals surface area contributed by atoms with Gasteiger partial charge in [0.15, 0.2) is 0 Å². The standard InChI is InChI=1S/C11H18BrN5/c1-16(2)8-7-11(15-13)17(14)10-5-3-9(12)4-6-10/h3-6H,7-8,13-14H2,1-2H3/b15-11-. The van der Waals surface area contributed by atoms with Gasteiger partial charge in [0.2, 0.25) is 0 Å². The topological polar surface area (TPSA) is 70.9 Å². The average molecular weight is 300 g/mol. The molecule has 4 N–H and O–H groups in total. The van der Waals surface area contributed by atoms with E-state index in [1.54, 1.807) is 0 Å². The Bertz CT molecular complexity index is 374. The number of hydrogen-bond donors (Lipinski definition) is 2. The monoisotopic (exact) mass is 299 g/mol. The molecule has 0 amide bonds. The number of rotatable bonds is 4. The molecule has 1 rings (SSSR count). The molecule has 0 atom stereocenters. The minimum Gasteiger partial charge on any atom is -0.322 e. The van der Waals surface area contributed by atoms with Crippen molar-refractivity contribution in [2.45, 2.75) is 6.42 Å². The van der Waals surface area contributed by atoms with Crippen LogP contribution in [0.15, 0.2) is 33.8 Å². The zero-order valence-electron chi connectivity index (χ0n) is 10.1. The van der Waals surface area contributed by atoms with Gasteiger partial charge in [0, 0.05) is 17.4 Å². The van der Waals surface area contributed by atoms with Crippen LogP contribution in [-0.2, 0) is 0 Å². The highest BCUT2D eigenvalue weighted by Gasteiger charge is 2.09. The minimum absolute atomic E-state index is 0.654. The highest BCUT2D eigenvalue weighted by Crippen LogP contribution is 2.17. The van der Waals surface area contributed by atoms with E-state index in [9.17, 15) is 0 Å². The summed E-state index contributed by atoms with van der Waals surface area (Å²) in [6.07, 6.45) is 0.704. The number of benzene rings is 1. The van der Waals surface area contributed by atoms with Crippen LogP contribution in [0.3, 0.4) is 0 Å². The summed E-state index contributed by atoms with van der Waals surface area (Å²) in [6, 6.07) is 7.67. The molecule has 0 saturated heterocycles. The minimum atomic E-state index is 0.654. The third-order valence-electron chi connectivity index (χ3n) is 2.31. The van der Waals surface area contributed by atoms with E-state index in [0.29, 0.717) is 12.3 Å². The van der Waals surface area contributed by atoms with E-state index in [4.69, 9.17) is 11.7 Å². The smallest absolute Gasteiger partial charge is 0.144 e. The van der Waals surface area contributed by atoms with Crippen molar-refractivity contribution in [3.8, 4) is 0 Å². The van der Waals surface area contributed by atoms with E-state index in [1.165, 1.54) is 5.01 Å². The lowest BCUT2D eigenvalue weighted by molar-refractivity contribution is 0.421. The van der Waals surface area contributed by atoms with E-state index in [2.05, 4.69) is 25.9 Å². The maximum atomic E-state index is 5.97. The molecule has 0 aromatic heterocycles. The molecule has 5 nitrogen and oxygen atoms in total. The lowest BCUT2D eigenvalue weighted by Gasteiger charge is -2.21. The molecular formula is C11H18BrN5. The van der Waals surface area contributed by atoms with Crippen molar-refractivity contribution in [3.63, 3.8) is 0 Å². The molecule has 6 heteroatoms. The van der Waals surface area contributed by atoms with Crippen molar-refractivity contribution >= 4 is 27.5 Å². The molecule has 0 fully saturated rings. The molecule has 0 aliphatic carbocycles. The Morgan fingerprint density at radius 3 is 2.35 bits per heavy atom. The first-order valence-electron chi connectivity index (χ1n) is 5.26. The van der Waals surface area contributed by atoms with Gasteiger partial charge in [-0.3, -0.25) is 5.01 Å². The predicted octanol–water partition coefficient (Wildman–Crippen LogP) is 1.35. The fraction of sp³-hybridized carbons (Fsp3) is 0.364. The number of anilines is 1. The lowest BCUT2D eigenvalue weighted by atomic mass is 10.3. The molecule has 17 heavy (non-hydrogen) atoms. The van der Waals surface area contributed by atoms with Gasteiger partial charge in [-0.15, -0.1) is 0 Å². The second-order valence-electron chi connectivity index (χ2n) is 3.95. The second-order valence-corrected chi connectivity index (χ2v) is 4.86. The van der Waals surface area contributed by atoms with Crippen molar-refractivity contribution in [3.05, 3.63) is 28.7 Å². The van der Waals surface area contributed by atoms with Crippen molar-refractivity contribution in [1.29, 1.82) is 0 Å².